The molecule has 1 aromatic rings. The first kappa shape index (κ1) is 11.7. The predicted molar refractivity (Wildman–Crippen MR) is 73.5 cm³/mol. The van der Waals surface area contributed by atoms with Crippen LogP contribution in [0.2, 0.25) is 0 Å². The molecule has 0 aliphatic carbocycles. The molecule has 0 radical (unpaired) electrons. The first-order chi connectivity index (χ1) is 8.34. The van der Waals surface area contributed by atoms with E-state index in [1.165, 1.54) is 50.9 Å². The van der Waals surface area contributed by atoms with Crippen LogP contribution in [0.4, 0.5) is 0 Å². The predicted octanol–water partition coefficient (Wildman–Crippen LogP) is 2.77. The number of nitrogens with one attached hydrogen (secondary N) is 1. The Morgan fingerprint density at radius 1 is 1.41 bits per heavy atom. The van der Waals surface area contributed by atoms with E-state index in [1.807, 2.05) is 11.3 Å². The molecule has 0 aromatic carbocycles. The molecule has 94 valence electrons. The zero-order chi connectivity index (χ0) is 11.7. The average molecular weight is 250 g/mol. The van der Waals surface area contributed by atoms with Gasteiger partial charge < -0.3 is 5.32 Å². The molecule has 2 aliphatic heterocycles. The highest BCUT2D eigenvalue weighted by Crippen LogP contribution is 2.28. The van der Waals surface area contributed by atoms with Crippen LogP contribution in [0.3, 0.4) is 0 Å². The lowest BCUT2D eigenvalue weighted by molar-refractivity contribution is 0.208. The minimum Gasteiger partial charge on any atom is -0.312 e. The van der Waals surface area contributed by atoms with Crippen molar-refractivity contribution in [3.8, 4) is 0 Å². The van der Waals surface area contributed by atoms with Gasteiger partial charge in [0.25, 0.3) is 0 Å². The second-order valence-corrected chi connectivity index (χ2v) is 6.41. The van der Waals surface area contributed by atoms with Crippen molar-refractivity contribution >= 4 is 11.3 Å². The maximum absolute atomic E-state index is 3.68. The van der Waals surface area contributed by atoms with Crippen LogP contribution in [0.5, 0.6) is 0 Å². The Hall–Kier alpha value is -0.380. The van der Waals surface area contributed by atoms with Gasteiger partial charge in [0.05, 0.1) is 0 Å². The summed E-state index contributed by atoms with van der Waals surface area (Å²) in [5.74, 6) is 0. The lowest BCUT2D eigenvalue weighted by atomic mass is 10.0. The molecule has 2 aliphatic rings. The highest BCUT2D eigenvalue weighted by atomic mass is 32.1. The summed E-state index contributed by atoms with van der Waals surface area (Å²) in [5.41, 5.74) is 1.47. The topological polar surface area (TPSA) is 15.3 Å². The molecular weight excluding hydrogens is 228 g/mol. The van der Waals surface area contributed by atoms with E-state index in [0.29, 0.717) is 0 Å². The molecule has 2 nitrogen and oxygen atoms in total. The lowest BCUT2D eigenvalue weighted by Gasteiger charge is -2.29. The van der Waals surface area contributed by atoms with Crippen molar-refractivity contribution in [1.29, 1.82) is 0 Å². The van der Waals surface area contributed by atoms with Gasteiger partial charge in [-0.25, -0.2) is 0 Å². The zero-order valence-corrected chi connectivity index (χ0v) is 11.4. The Morgan fingerprint density at radius 3 is 3.06 bits per heavy atom. The van der Waals surface area contributed by atoms with Gasteiger partial charge in [-0.15, -0.1) is 11.3 Å². The summed E-state index contributed by atoms with van der Waals surface area (Å²) < 4.78 is 0. The van der Waals surface area contributed by atoms with Gasteiger partial charge in [0.1, 0.15) is 0 Å². The van der Waals surface area contributed by atoms with Crippen LogP contribution in [0.1, 0.15) is 36.1 Å². The van der Waals surface area contributed by atoms with Crippen molar-refractivity contribution < 1.29 is 0 Å². The van der Waals surface area contributed by atoms with Crippen LogP contribution in [-0.2, 0) is 6.54 Å². The third kappa shape index (κ3) is 2.42. The minimum atomic E-state index is 0.762. The largest absolute Gasteiger partial charge is 0.312 e. The van der Waals surface area contributed by atoms with Gasteiger partial charge in [-0.3, -0.25) is 4.90 Å². The quantitative estimate of drug-likeness (QED) is 0.887. The van der Waals surface area contributed by atoms with Crippen molar-refractivity contribution in [2.45, 2.75) is 51.2 Å². The van der Waals surface area contributed by atoms with Crippen LogP contribution in [-0.4, -0.2) is 30.1 Å². The second-order valence-electron chi connectivity index (χ2n) is 5.41. The van der Waals surface area contributed by atoms with Crippen molar-refractivity contribution in [1.82, 2.24) is 10.2 Å². The summed E-state index contributed by atoms with van der Waals surface area (Å²) in [6.07, 6.45) is 5.52. The first-order valence-electron chi connectivity index (χ1n) is 6.85. The summed E-state index contributed by atoms with van der Waals surface area (Å²) in [6.45, 7) is 5.93. The maximum Gasteiger partial charge on any atom is 0.0334 e. The SMILES string of the molecule is Cc1ccsc1CN1CCCC1C1CCCN1. The summed E-state index contributed by atoms with van der Waals surface area (Å²) in [4.78, 5) is 4.27. The number of thiophene rings is 1. The van der Waals surface area contributed by atoms with Gasteiger partial charge >= 0.3 is 0 Å². The molecule has 0 saturated carbocycles. The molecule has 0 bridgehead atoms. The summed E-state index contributed by atoms with van der Waals surface area (Å²) in [7, 11) is 0. The number of rotatable bonds is 3. The van der Waals surface area contributed by atoms with E-state index in [9.17, 15) is 0 Å². The Balaban J connectivity index is 1.67. The maximum atomic E-state index is 3.68. The molecule has 0 spiro atoms. The number of hydrogen-bond acceptors (Lipinski definition) is 3. The van der Waals surface area contributed by atoms with Crippen molar-refractivity contribution in [2.24, 2.45) is 0 Å². The van der Waals surface area contributed by atoms with E-state index < -0.39 is 0 Å². The number of likely N-dealkylation sites (tertiary alicyclic amines) is 1. The van der Waals surface area contributed by atoms with Gasteiger partial charge in [0.2, 0.25) is 0 Å². The highest BCUT2D eigenvalue weighted by molar-refractivity contribution is 7.10. The number of aryl methyl sites for hydroxylation is 1. The Labute approximate surface area is 108 Å². The molecule has 2 atom stereocenters. The van der Waals surface area contributed by atoms with Gasteiger partial charge in [0, 0.05) is 23.5 Å². The third-order valence-corrected chi connectivity index (χ3v) is 5.30. The standard InChI is InChI=1S/C14H22N2S/c1-11-6-9-17-14(11)10-16-8-3-5-13(16)12-4-2-7-15-12/h6,9,12-13,15H,2-5,7-8,10H2,1H3. The van der Waals surface area contributed by atoms with E-state index in [1.54, 1.807) is 4.88 Å². The highest BCUT2D eigenvalue weighted by Gasteiger charge is 2.33. The van der Waals surface area contributed by atoms with E-state index in [-0.39, 0.29) is 0 Å². The molecule has 3 heterocycles. The molecule has 2 unspecified atom stereocenters. The van der Waals surface area contributed by atoms with E-state index in [4.69, 9.17) is 0 Å². The van der Waals surface area contributed by atoms with Crippen LogP contribution in [0, 0.1) is 6.92 Å². The summed E-state index contributed by atoms with van der Waals surface area (Å²) in [6, 6.07) is 3.80. The fraction of sp³-hybridized carbons (Fsp3) is 0.714. The van der Waals surface area contributed by atoms with Crippen LogP contribution in [0.15, 0.2) is 11.4 Å². The normalized spacial score (nSPS) is 30.2. The number of hydrogen-bond donors (Lipinski definition) is 1. The second kappa shape index (κ2) is 5.09. The van der Waals surface area contributed by atoms with Gasteiger partial charge in [0.15, 0.2) is 0 Å². The molecule has 2 saturated heterocycles. The van der Waals surface area contributed by atoms with Crippen molar-refractivity contribution in [2.75, 3.05) is 13.1 Å². The van der Waals surface area contributed by atoms with Gasteiger partial charge in [-0.05, 0) is 62.7 Å². The Kier molecular flexibility index (Phi) is 3.50. The summed E-state index contributed by atoms with van der Waals surface area (Å²) in [5, 5.41) is 5.91. The van der Waals surface area contributed by atoms with Gasteiger partial charge in [-0.1, -0.05) is 0 Å². The zero-order valence-electron chi connectivity index (χ0n) is 10.6. The van der Waals surface area contributed by atoms with Gasteiger partial charge in [-0.2, -0.15) is 0 Å². The molecular formula is C14H22N2S. The first-order valence-corrected chi connectivity index (χ1v) is 7.73. The molecule has 0 amide bonds. The fourth-order valence-corrected chi connectivity index (χ4v) is 4.23. The minimum absolute atomic E-state index is 0.762. The molecule has 17 heavy (non-hydrogen) atoms. The average Bonchev–Trinajstić information content (AvgIpc) is 3.02. The summed E-state index contributed by atoms with van der Waals surface area (Å²) >= 11 is 1.92. The number of nitrogens with zero attached hydrogens (tertiary/aromatic N) is 1. The third-order valence-electron chi connectivity index (χ3n) is 4.29. The molecule has 2 fully saturated rings. The van der Waals surface area contributed by atoms with E-state index in [0.717, 1.165) is 12.1 Å². The van der Waals surface area contributed by atoms with Crippen LogP contribution < -0.4 is 5.32 Å². The van der Waals surface area contributed by atoms with E-state index >= 15 is 0 Å². The Morgan fingerprint density at radius 2 is 2.35 bits per heavy atom. The van der Waals surface area contributed by atoms with Crippen LogP contribution >= 0.6 is 11.3 Å². The monoisotopic (exact) mass is 250 g/mol. The molecule has 3 rings (SSSR count). The Bertz CT molecular complexity index is 368. The molecule has 3 heteroatoms. The van der Waals surface area contributed by atoms with E-state index in [2.05, 4.69) is 28.6 Å². The molecule has 1 aromatic heterocycles. The van der Waals surface area contributed by atoms with Crippen LogP contribution in [0.25, 0.3) is 0 Å². The molecule has 1 N–H and O–H groups in total. The van der Waals surface area contributed by atoms with Crippen molar-refractivity contribution in [3.05, 3.63) is 21.9 Å². The lowest BCUT2D eigenvalue weighted by Crippen LogP contribution is -2.43. The smallest absolute Gasteiger partial charge is 0.0334 e. The fourth-order valence-electron chi connectivity index (χ4n) is 3.29. The van der Waals surface area contributed by atoms with Crippen molar-refractivity contribution in [3.63, 3.8) is 0 Å².